The number of likely N-dealkylation sites (tertiary alicyclic amines) is 1. The molecule has 2 saturated heterocycles. The summed E-state index contributed by atoms with van der Waals surface area (Å²) in [6, 6.07) is 1.79. The third kappa shape index (κ3) is 5.72. The van der Waals surface area contributed by atoms with E-state index in [2.05, 4.69) is 20.3 Å². The maximum atomic E-state index is 12.4. The number of aryl methyl sites for hydroxylation is 1. The number of halogens is 3. The number of nitrogens with zero attached hydrogens (tertiary/aromatic N) is 4. The summed E-state index contributed by atoms with van der Waals surface area (Å²) in [5.74, 6) is -1.46. The second-order valence-corrected chi connectivity index (χ2v) is 7.58. The van der Waals surface area contributed by atoms with Crippen molar-refractivity contribution in [2.24, 2.45) is 5.92 Å². The lowest BCUT2D eigenvalue weighted by Gasteiger charge is -2.52. The number of alkyl halides is 3. The summed E-state index contributed by atoms with van der Waals surface area (Å²) < 4.78 is 43.0. The summed E-state index contributed by atoms with van der Waals surface area (Å²) in [6.45, 7) is 4.49. The Hall–Kier alpha value is -3.22. The van der Waals surface area contributed by atoms with Gasteiger partial charge in [-0.3, -0.25) is 4.79 Å². The van der Waals surface area contributed by atoms with Crippen molar-refractivity contribution >= 4 is 17.8 Å². The van der Waals surface area contributed by atoms with E-state index in [-0.39, 0.29) is 11.5 Å². The molecule has 10 nitrogen and oxygen atoms in total. The number of aliphatic carboxylic acids is 1. The van der Waals surface area contributed by atoms with Gasteiger partial charge in [-0.1, -0.05) is 0 Å². The van der Waals surface area contributed by atoms with Gasteiger partial charge >= 0.3 is 12.1 Å². The number of hydrogen-bond donors (Lipinski definition) is 2. The zero-order valence-electron chi connectivity index (χ0n) is 17.1. The number of rotatable bonds is 4. The Bertz CT molecular complexity index is 921. The van der Waals surface area contributed by atoms with Crippen molar-refractivity contribution in [1.82, 2.24) is 19.9 Å². The van der Waals surface area contributed by atoms with E-state index in [1.165, 1.54) is 6.39 Å². The van der Waals surface area contributed by atoms with Crippen molar-refractivity contribution in [3.05, 3.63) is 36.3 Å². The van der Waals surface area contributed by atoms with Crippen LogP contribution < -0.4 is 5.32 Å². The summed E-state index contributed by atoms with van der Waals surface area (Å²) in [6.07, 6.45) is 1.68. The summed E-state index contributed by atoms with van der Waals surface area (Å²) in [7, 11) is 0. The van der Waals surface area contributed by atoms with E-state index in [4.69, 9.17) is 19.1 Å². The van der Waals surface area contributed by atoms with Crippen LogP contribution in [-0.2, 0) is 9.53 Å². The summed E-state index contributed by atoms with van der Waals surface area (Å²) >= 11 is 0. The van der Waals surface area contributed by atoms with E-state index in [0.29, 0.717) is 43.0 Å². The van der Waals surface area contributed by atoms with Crippen LogP contribution in [0.1, 0.15) is 29.1 Å². The number of amides is 1. The van der Waals surface area contributed by atoms with Crippen molar-refractivity contribution in [2.45, 2.75) is 31.5 Å². The molecule has 0 radical (unpaired) electrons. The van der Waals surface area contributed by atoms with Gasteiger partial charge in [0.2, 0.25) is 11.7 Å². The molecule has 1 unspecified atom stereocenters. The van der Waals surface area contributed by atoms with Crippen LogP contribution in [0.25, 0.3) is 0 Å². The minimum atomic E-state index is -5.08. The molecule has 4 heterocycles. The van der Waals surface area contributed by atoms with Crippen molar-refractivity contribution in [3.8, 4) is 0 Å². The molecule has 0 saturated carbocycles. The molecule has 174 valence electrons. The number of anilines is 1. The van der Waals surface area contributed by atoms with Crippen LogP contribution in [0, 0.1) is 12.8 Å². The monoisotopic (exact) mass is 457 g/mol. The quantitative estimate of drug-likeness (QED) is 0.709. The molecule has 0 bridgehead atoms. The first-order valence-corrected chi connectivity index (χ1v) is 9.74. The number of ether oxygens (including phenoxy) is 1. The Balaban J connectivity index is 0.000000360. The van der Waals surface area contributed by atoms with Gasteiger partial charge in [0.25, 0.3) is 5.91 Å². The highest BCUT2D eigenvalue weighted by atomic mass is 19.4. The molecular weight excluding hydrogens is 435 g/mol. The third-order valence-electron chi connectivity index (χ3n) is 5.18. The van der Waals surface area contributed by atoms with Gasteiger partial charge in [0.15, 0.2) is 6.39 Å². The second-order valence-electron chi connectivity index (χ2n) is 7.58. The van der Waals surface area contributed by atoms with Gasteiger partial charge in [-0.05, 0) is 31.7 Å². The number of nitrogens with one attached hydrogen (secondary N) is 1. The van der Waals surface area contributed by atoms with Gasteiger partial charge in [0.1, 0.15) is 5.60 Å². The van der Waals surface area contributed by atoms with Crippen LogP contribution in [0.2, 0.25) is 0 Å². The molecule has 1 amide bonds. The van der Waals surface area contributed by atoms with Crippen LogP contribution in [0.15, 0.2) is 29.3 Å². The minimum absolute atomic E-state index is 0.103. The van der Waals surface area contributed by atoms with Crippen LogP contribution in [0.4, 0.5) is 19.1 Å². The van der Waals surface area contributed by atoms with E-state index in [1.54, 1.807) is 30.3 Å². The molecule has 0 aromatic carbocycles. The molecule has 1 spiro atoms. The molecule has 2 fully saturated rings. The minimum Gasteiger partial charge on any atom is -0.475 e. The highest BCUT2D eigenvalue weighted by Crippen LogP contribution is 2.36. The second kappa shape index (κ2) is 9.51. The van der Waals surface area contributed by atoms with E-state index in [0.717, 1.165) is 19.4 Å². The van der Waals surface area contributed by atoms with Crippen LogP contribution in [-0.4, -0.2) is 74.9 Å². The standard InChI is InChI=1S/C17H21N5O3.C2HF3O2/c1-12-14(24-11-21-12)15(23)22-9-17(10-22)4-3-13(8-25-17)7-20-16-18-5-2-6-19-16;3-2(4,5)1(6)7/h2,5-6,11,13H,3-4,7-10H2,1H3,(H,18,19,20);(H,6,7). The normalized spacial score (nSPS) is 19.5. The summed E-state index contributed by atoms with van der Waals surface area (Å²) in [4.78, 5) is 35.3. The van der Waals surface area contributed by atoms with Crippen molar-refractivity contribution in [3.63, 3.8) is 0 Å². The molecule has 2 N–H and O–H groups in total. The Morgan fingerprint density at radius 1 is 1.28 bits per heavy atom. The average Bonchev–Trinajstić information content (AvgIpc) is 3.17. The van der Waals surface area contributed by atoms with Gasteiger partial charge in [0.05, 0.1) is 25.4 Å². The smallest absolute Gasteiger partial charge is 0.475 e. The molecule has 2 aromatic heterocycles. The lowest BCUT2D eigenvalue weighted by atomic mass is 9.82. The van der Waals surface area contributed by atoms with Crippen LogP contribution >= 0.6 is 0 Å². The first-order chi connectivity index (χ1) is 15.1. The van der Waals surface area contributed by atoms with Gasteiger partial charge in [-0.15, -0.1) is 0 Å². The number of carboxylic acids is 1. The van der Waals surface area contributed by atoms with Crippen molar-refractivity contribution < 1.29 is 37.0 Å². The molecule has 0 aliphatic carbocycles. The Morgan fingerprint density at radius 3 is 2.44 bits per heavy atom. The van der Waals surface area contributed by atoms with E-state index in [9.17, 15) is 18.0 Å². The van der Waals surface area contributed by atoms with E-state index in [1.807, 2.05) is 0 Å². The average molecular weight is 457 g/mol. The maximum Gasteiger partial charge on any atom is 0.490 e. The van der Waals surface area contributed by atoms with Gasteiger partial charge in [-0.25, -0.2) is 19.7 Å². The molecule has 4 rings (SSSR count). The Morgan fingerprint density at radius 2 is 1.94 bits per heavy atom. The first kappa shape index (κ1) is 23.4. The maximum absolute atomic E-state index is 12.4. The van der Waals surface area contributed by atoms with E-state index >= 15 is 0 Å². The highest BCUT2D eigenvalue weighted by molar-refractivity contribution is 5.93. The van der Waals surface area contributed by atoms with Crippen LogP contribution in [0.3, 0.4) is 0 Å². The molecule has 2 aliphatic heterocycles. The molecule has 1 atom stereocenters. The lowest BCUT2D eigenvalue weighted by molar-refractivity contribution is -0.192. The predicted molar refractivity (Wildman–Crippen MR) is 103 cm³/mol. The summed E-state index contributed by atoms with van der Waals surface area (Å²) in [5.41, 5.74) is 0.438. The number of carboxylic acid groups (broad SMARTS) is 1. The number of hydrogen-bond acceptors (Lipinski definition) is 8. The zero-order chi connectivity index (χ0) is 23.4. The Kier molecular flexibility index (Phi) is 6.96. The molecule has 13 heteroatoms. The van der Waals surface area contributed by atoms with Gasteiger partial charge < -0.3 is 24.5 Å². The first-order valence-electron chi connectivity index (χ1n) is 9.74. The van der Waals surface area contributed by atoms with Gasteiger partial charge in [-0.2, -0.15) is 13.2 Å². The summed E-state index contributed by atoms with van der Waals surface area (Å²) in [5, 5.41) is 10.4. The number of carbonyl (C=O) groups excluding carboxylic acids is 1. The topological polar surface area (TPSA) is 131 Å². The highest BCUT2D eigenvalue weighted by Gasteiger charge is 2.49. The molecule has 2 aromatic rings. The van der Waals surface area contributed by atoms with Crippen LogP contribution in [0.5, 0.6) is 0 Å². The molecule has 2 aliphatic rings. The van der Waals surface area contributed by atoms with Crippen molar-refractivity contribution in [1.29, 1.82) is 0 Å². The number of oxazole rings is 1. The molecular formula is C19H22F3N5O5. The SMILES string of the molecule is Cc1ncoc1C(=O)N1CC2(CCC(CNc3ncccn3)CO2)C1.O=C(O)C(F)(F)F. The van der Waals surface area contributed by atoms with Crippen molar-refractivity contribution in [2.75, 3.05) is 31.6 Å². The Labute approximate surface area is 180 Å². The predicted octanol–water partition coefficient (Wildman–Crippen LogP) is 2.14. The molecule has 32 heavy (non-hydrogen) atoms. The fourth-order valence-electron chi connectivity index (χ4n) is 3.40. The van der Waals surface area contributed by atoms with Gasteiger partial charge in [0, 0.05) is 18.9 Å². The fourth-order valence-corrected chi connectivity index (χ4v) is 3.40. The number of aromatic nitrogens is 3. The zero-order valence-corrected chi connectivity index (χ0v) is 17.1. The fraction of sp³-hybridized carbons (Fsp3) is 0.526. The largest absolute Gasteiger partial charge is 0.490 e. The number of carbonyl (C=O) groups is 2. The third-order valence-corrected chi connectivity index (χ3v) is 5.18. The van der Waals surface area contributed by atoms with E-state index < -0.39 is 12.1 Å². The lowest BCUT2D eigenvalue weighted by Crippen LogP contribution is -2.66.